The molecule has 17 heavy (non-hydrogen) atoms. The third-order valence-electron chi connectivity index (χ3n) is 4.47. The number of nitrogens with one attached hydrogen (secondary N) is 1. The molecule has 3 heteroatoms. The number of hydrogen-bond donors (Lipinski definition) is 1. The minimum atomic E-state index is 0.296. The topological polar surface area (TPSA) is 29.1 Å². The van der Waals surface area contributed by atoms with Crippen LogP contribution in [0.25, 0.3) is 0 Å². The first-order chi connectivity index (χ1) is 8.24. The van der Waals surface area contributed by atoms with Gasteiger partial charge in [0.1, 0.15) is 0 Å². The van der Waals surface area contributed by atoms with Crippen molar-refractivity contribution in [3.05, 3.63) is 21.9 Å². The molecule has 92 valence electrons. The second-order valence-electron chi connectivity index (χ2n) is 5.53. The molecule has 0 aromatic carbocycles. The molecule has 2 fully saturated rings. The fourth-order valence-electron chi connectivity index (χ4n) is 3.45. The first-order valence-electron chi connectivity index (χ1n) is 6.54. The molecule has 1 heterocycles. The average Bonchev–Trinajstić information content (AvgIpc) is 3.01. The van der Waals surface area contributed by atoms with Crippen molar-refractivity contribution in [2.75, 3.05) is 0 Å². The molecule has 0 aliphatic heterocycles. The van der Waals surface area contributed by atoms with Crippen LogP contribution in [0.2, 0.25) is 0 Å². The summed E-state index contributed by atoms with van der Waals surface area (Å²) >= 11 is 1.73. The van der Waals surface area contributed by atoms with Gasteiger partial charge in [-0.15, -0.1) is 11.3 Å². The Hall–Kier alpha value is -0.830. The molecule has 2 aliphatic rings. The van der Waals surface area contributed by atoms with Crippen LogP contribution in [-0.2, 0) is 11.3 Å². The van der Waals surface area contributed by atoms with E-state index in [1.807, 2.05) is 0 Å². The fourth-order valence-corrected chi connectivity index (χ4v) is 4.30. The van der Waals surface area contributed by atoms with Crippen molar-refractivity contribution in [3.63, 3.8) is 0 Å². The molecule has 3 rings (SSSR count). The highest BCUT2D eigenvalue weighted by Gasteiger charge is 2.42. The molecule has 2 bridgehead atoms. The molecule has 2 nitrogen and oxygen atoms in total. The molecule has 0 radical (unpaired) electrons. The molecular weight excluding hydrogens is 230 g/mol. The van der Waals surface area contributed by atoms with Crippen molar-refractivity contribution >= 4 is 17.2 Å². The summed E-state index contributed by atoms with van der Waals surface area (Å²) in [5, 5.41) is 5.22. The van der Waals surface area contributed by atoms with Gasteiger partial charge in [-0.25, -0.2) is 0 Å². The van der Waals surface area contributed by atoms with Crippen LogP contribution in [0, 0.1) is 24.7 Å². The van der Waals surface area contributed by atoms with Crippen molar-refractivity contribution < 1.29 is 4.79 Å². The summed E-state index contributed by atoms with van der Waals surface area (Å²) in [5.74, 6) is 2.14. The van der Waals surface area contributed by atoms with E-state index in [-0.39, 0.29) is 0 Å². The Balaban J connectivity index is 1.56. The van der Waals surface area contributed by atoms with Gasteiger partial charge in [-0.2, -0.15) is 0 Å². The number of fused-ring (bicyclic) bond motifs is 2. The normalized spacial score (nSPS) is 30.8. The quantitative estimate of drug-likeness (QED) is 0.876. The fraction of sp³-hybridized carbons (Fsp3) is 0.643. The van der Waals surface area contributed by atoms with E-state index in [0.717, 1.165) is 18.9 Å². The summed E-state index contributed by atoms with van der Waals surface area (Å²) in [7, 11) is 0. The molecule has 0 saturated heterocycles. The van der Waals surface area contributed by atoms with Gasteiger partial charge in [0, 0.05) is 10.8 Å². The maximum absolute atomic E-state index is 12.1. The molecule has 1 aromatic heterocycles. The van der Waals surface area contributed by atoms with E-state index >= 15 is 0 Å². The van der Waals surface area contributed by atoms with Crippen molar-refractivity contribution in [2.24, 2.45) is 17.8 Å². The second kappa shape index (κ2) is 4.45. The highest BCUT2D eigenvalue weighted by Crippen LogP contribution is 2.48. The Labute approximate surface area is 106 Å². The summed E-state index contributed by atoms with van der Waals surface area (Å²) in [6.07, 6.45) is 5.08. The number of amides is 1. The minimum absolute atomic E-state index is 0.296. The predicted octanol–water partition coefficient (Wildman–Crippen LogP) is 3.11. The Bertz CT molecular complexity index is 426. The Morgan fingerprint density at radius 3 is 2.94 bits per heavy atom. The van der Waals surface area contributed by atoms with Crippen LogP contribution < -0.4 is 5.32 Å². The van der Waals surface area contributed by atoms with Crippen LogP contribution in [0.15, 0.2) is 11.4 Å². The van der Waals surface area contributed by atoms with E-state index in [0.29, 0.717) is 17.7 Å². The lowest BCUT2D eigenvalue weighted by Crippen LogP contribution is -2.33. The van der Waals surface area contributed by atoms with Crippen molar-refractivity contribution in [2.45, 2.75) is 39.2 Å². The summed E-state index contributed by atoms with van der Waals surface area (Å²) in [6, 6.07) is 2.11. The Morgan fingerprint density at radius 1 is 1.47 bits per heavy atom. The Kier molecular flexibility index (Phi) is 2.95. The van der Waals surface area contributed by atoms with E-state index in [2.05, 4.69) is 23.7 Å². The number of rotatable bonds is 3. The third kappa shape index (κ3) is 2.13. The SMILES string of the molecule is Cc1ccsc1CNC(=O)C1CC2CCC1C2. The van der Waals surface area contributed by atoms with Gasteiger partial charge in [0.25, 0.3) is 0 Å². The smallest absolute Gasteiger partial charge is 0.223 e. The molecule has 3 unspecified atom stereocenters. The van der Waals surface area contributed by atoms with Crippen molar-refractivity contribution in [3.8, 4) is 0 Å². The van der Waals surface area contributed by atoms with Gasteiger partial charge in [-0.3, -0.25) is 4.79 Å². The molecule has 1 amide bonds. The van der Waals surface area contributed by atoms with E-state index in [1.165, 1.54) is 29.7 Å². The van der Waals surface area contributed by atoms with Crippen LogP contribution in [-0.4, -0.2) is 5.91 Å². The lowest BCUT2D eigenvalue weighted by molar-refractivity contribution is -0.126. The van der Waals surface area contributed by atoms with Crippen LogP contribution in [0.5, 0.6) is 0 Å². The van der Waals surface area contributed by atoms with Crippen LogP contribution in [0.4, 0.5) is 0 Å². The molecule has 3 atom stereocenters. The molecular formula is C14H19NOS. The van der Waals surface area contributed by atoms with Gasteiger partial charge >= 0.3 is 0 Å². The van der Waals surface area contributed by atoms with Crippen molar-refractivity contribution in [1.29, 1.82) is 0 Å². The molecule has 1 N–H and O–H groups in total. The molecule has 1 aromatic rings. The number of thiophene rings is 1. The number of carbonyl (C=O) groups excluding carboxylic acids is 1. The van der Waals surface area contributed by atoms with E-state index in [9.17, 15) is 4.79 Å². The predicted molar refractivity (Wildman–Crippen MR) is 69.8 cm³/mol. The zero-order valence-corrected chi connectivity index (χ0v) is 11.1. The largest absolute Gasteiger partial charge is 0.351 e. The number of aryl methyl sites for hydroxylation is 1. The van der Waals surface area contributed by atoms with Crippen LogP contribution in [0.1, 0.15) is 36.1 Å². The van der Waals surface area contributed by atoms with Gasteiger partial charge in [0.15, 0.2) is 0 Å². The molecule has 2 aliphatic carbocycles. The third-order valence-corrected chi connectivity index (χ3v) is 5.49. The van der Waals surface area contributed by atoms with E-state index in [4.69, 9.17) is 0 Å². The van der Waals surface area contributed by atoms with E-state index < -0.39 is 0 Å². The van der Waals surface area contributed by atoms with Gasteiger partial charge in [-0.05, 0) is 55.0 Å². The zero-order chi connectivity index (χ0) is 11.8. The van der Waals surface area contributed by atoms with Gasteiger partial charge < -0.3 is 5.32 Å². The molecule has 0 spiro atoms. The summed E-state index contributed by atoms with van der Waals surface area (Å²) in [4.78, 5) is 13.4. The van der Waals surface area contributed by atoms with Crippen molar-refractivity contribution in [1.82, 2.24) is 5.32 Å². The van der Waals surface area contributed by atoms with Gasteiger partial charge in [0.2, 0.25) is 5.91 Å². The minimum Gasteiger partial charge on any atom is -0.351 e. The monoisotopic (exact) mass is 249 g/mol. The second-order valence-corrected chi connectivity index (χ2v) is 6.53. The maximum Gasteiger partial charge on any atom is 0.223 e. The standard InChI is InChI=1S/C14H19NOS/c1-9-4-5-17-13(9)8-15-14(16)12-7-10-2-3-11(12)6-10/h4-5,10-12H,2-3,6-8H2,1H3,(H,15,16). The summed E-state index contributed by atoms with van der Waals surface area (Å²) in [6.45, 7) is 2.83. The first-order valence-corrected chi connectivity index (χ1v) is 7.42. The lowest BCUT2D eigenvalue weighted by atomic mass is 9.88. The molecule has 2 saturated carbocycles. The number of carbonyl (C=O) groups is 1. The highest BCUT2D eigenvalue weighted by molar-refractivity contribution is 7.10. The highest BCUT2D eigenvalue weighted by atomic mass is 32.1. The lowest BCUT2D eigenvalue weighted by Gasteiger charge is -2.20. The number of hydrogen-bond acceptors (Lipinski definition) is 2. The average molecular weight is 249 g/mol. The maximum atomic E-state index is 12.1. The Morgan fingerprint density at radius 2 is 2.35 bits per heavy atom. The summed E-state index contributed by atoms with van der Waals surface area (Å²) in [5.41, 5.74) is 1.29. The van der Waals surface area contributed by atoms with E-state index in [1.54, 1.807) is 11.3 Å². The van der Waals surface area contributed by atoms with Crippen LogP contribution >= 0.6 is 11.3 Å². The summed E-state index contributed by atoms with van der Waals surface area (Å²) < 4.78 is 0. The van der Waals surface area contributed by atoms with Gasteiger partial charge in [0.05, 0.1) is 6.54 Å². The zero-order valence-electron chi connectivity index (χ0n) is 10.2. The first kappa shape index (κ1) is 11.3. The van der Waals surface area contributed by atoms with Gasteiger partial charge in [-0.1, -0.05) is 6.42 Å². The van der Waals surface area contributed by atoms with Crippen LogP contribution in [0.3, 0.4) is 0 Å².